The minimum atomic E-state index is 0.262. The van der Waals surface area contributed by atoms with Gasteiger partial charge in [-0.1, -0.05) is 18.2 Å². The summed E-state index contributed by atoms with van der Waals surface area (Å²) >= 11 is 5.38. The maximum Gasteiger partial charge on any atom is 0.124 e. The van der Waals surface area contributed by atoms with Crippen LogP contribution in [0.25, 0.3) is 0 Å². The van der Waals surface area contributed by atoms with Gasteiger partial charge in [-0.3, -0.25) is 0 Å². The maximum atomic E-state index is 5.72. The van der Waals surface area contributed by atoms with Crippen molar-refractivity contribution in [3.05, 3.63) is 50.6 Å². The molecule has 0 saturated carbocycles. The topological polar surface area (TPSA) is 21.3 Å². The van der Waals surface area contributed by atoms with E-state index < -0.39 is 0 Å². The van der Waals surface area contributed by atoms with Gasteiger partial charge in [0.2, 0.25) is 0 Å². The minimum Gasteiger partial charge on any atom is -0.494 e. The number of likely N-dealkylation sites (N-methyl/N-ethyl adjacent to an activating group) is 1. The number of benzene rings is 1. The molecule has 1 aromatic heterocycles. The quantitative estimate of drug-likeness (QED) is 0.841. The Labute approximate surface area is 126 Å². The van der Waals surface area contributed by atoms with E-state index in [0.717, 1.165) is 12.2 Å². The lowest BCUT2D eigenvalue weighted by atomic mass is 10.0. The molecular weight excluding hydrogens is 322 g/mol. The lowest BCUT2D eigenvalue weighted by molar-refractivity contribution is 0.332. The number of nitrogens with one attached hydrogen (secondary N) is 1. The lowest BCUT2D eigenvalue weighted by Crippen LogP contribution is -2.19. The van der Waals surface area contributed by atoms with E-state index in [1.165, 1.54) is 14.9 Å². The minimum absolute atomic E-state index is 0.262. The third-order valence-electron chi connectivity index (χ3n) is 3.02. The molecule has 1 atom stereocenters. The second kappa shape index (κ2) is 7.08. The fourth-order valence-corrected chi connectivity index (χ4v) is 3.64. The first kappa shape index (κ1) is 14.6. The van der Waals surface area contributed by atoms with Crippen molar-refractivity contribution >= 4 is 27.3 Å². The fraction of sp³-hybridized carbons (Fsp3) is 0.333. The molecule has 0 bridgehead atoms. The highest BCUT2D eigenvalue weighted by Gasteiger charge is 2.16. The zero-order valence-corrected chi connectivity index (χ0v) is 13.6. The predicted molar refractivity (Wildman–Crippen MR) is 85.1 cm³/mol. The molecule has 4 heteroatoms. The fourth-order valence-electron chi connectivity index (χ4n) is 2.08. The second-order valence-corrected chi connectivity index (χ2v) is 6.06. The third kappa shape index (κ3) is 3.59. The molecule has 0 aliphatic carbocycles. The summed E-state index contributed by atoms with van der Waals surface area (Å²) in [7, 11) is 1.99. The van der Waals surface area contributed by atoms with Crippen molar-refractivity contribution < 1.29 is 4.74 Å². The largest absolute Gasteiger partial charge is 0.494 e. The van der Waals surface area contributed by atoms with Crippen LogP contribution in [0.2, 0.25) is 0 Å². The highest BCUT2D eigenvalue weighted by Crippen LogP contribution is 2.31. The van der Waals surface area contributed by atoms with Gasteiger partial charge in [-0.15, -0.1) is 11.3 Å². The molecule has 19 heavy (non-hydrogen) atoms. The van der Waals surface area contributed by atoms with Crippen molar-refractivity contribution in [2.24, 2.45) is 0 Å². The molecule has 0 radical (unpaired) electrons. The molecule has 0 aliphatic rings. The first-order valence-electron chi connectivity index (χ1n) is 6.37. The number of ether oxygens (including phenoxy) is 1. The third-order valence-corrected chi connectivity index (χ3v) is 4.97. The Morgan fingerprint density at radius 3 is 2.74 bits per heavy atom. The van der Waals surface area contributed by atoms with E-state index in [9.17, 15) is 0 Å². The van der Waals surface area contributed by atoms with Gasteiger partial charge in [0.15, 0.2) is 0 Å². The normalized spacial score (nSPS) is 12.4. The van der Waals surface area contributed by atoms with Crippen LogP contribution in [0.5, 0.6) is 5.75 Å². The average Bonchev–Trinajstić information content (AvgIpc) is 2.83. The summed E-state index contributed by atoms with van der Waals surface area (Å²) in [6, 6.07) is 10.6. The lowest BCUT2D eigenvalue weighted by Gasteiger charge is -2.19. The number of para-hydroxylation sites is 1. The van der Waals surface area contributed by atoms with Gasteiger partial charge in [0.25, 0.3) is 0 Å². The molecule has 2 aromatic rings. The summed E-state index contributed by atoms with van der Waals surface area (Å²) in [5, 5.41) is 5.50. The van der Waals surface area contributed by atoms with Crippen molar-refractivity contribution in [1.82, 2.24) is 5.32 Å². The van der Waals surface area contributed by atoms with Gasteiger partial charge in [0.1, 0.15) is 5.75 Å². The van der Waals surface area contributed by atoms with E-state index in [4.69, 9.17) is 4.74 Å². The average molecular weight is 340 g/mol. The molecule has 0 aliphatic heterocycles. The monoisotopic (exact) mass is 339 g/mol. The number of halogens is 1. The van der Waals surface area contributed by atoms with Gasteiger partial charge >= 0.3 is 0 Å². The first-order chi connectivity index (χ1) is 9.26. The number of hydrogen-bond acceptors (Lipinski definition) is 3. The van der Waals surface area contributed by atoms with Crippen LogP contribution in [0.3, 0.4) is 0 Å². The van der Waals surface area contributed by atoms with E-state index in [1.54, 1.807) is 11.3 Å². The molecule has 0 fully saturated rings. The van der Waals surface area contributed by atoms with Gasteiger partial charge in [0, 0.05) is 27.4 Å². The van der Waals surface area contributed by atoms with E-state index in [2.05, 4.69) is 44.8 Å². The van der Waals surface area contributed by atoms with Crippen LogP contribution in [-0.2, 0) is 6.42 Å². The molecule has 102 valence electrons. The van der Waals surface area contributed by atoms with Crippen molar-refractivity contribution in [1.29, 1.82) is 0 Å². The molecule has 2 nitrogen and oxygen atoms in total. The summed E-state index contributed by atoms with van der Waals surface area (Å²) in [6.45, 7) is 2.71. The van der Waals surface area contributed by atoms with Crippen LogP contribution < -0.4 is 10.1 Å². The zero-order chi connectivity index (χ0) is 13.7. The van der Waals surface area contributed by atoms with Crippen LogP contribution in [0.1, 0.15) is 23.4 Å². The van der Waals surface area contributed by atoms with E-state index >= 15 is 0 Å². The molecule has 0 amide bonds. The Balaban J connectivity index is 2.24. The van der Waals surface area contributed by atoms with Crippen LogP contribution in [-0.4, -0.2) is 13.7 Å². The number of rotatable bonds is 6. The van der Waals surface area contributed by atoms with Crippen LogP contribution in [0, 0.1) is 0 Å². The van der Waals surface area contributed by atoms with Gasteiger partial charge in [-0.05, 0) is 47.4 Å². The molecule has 0 spiro atoms. The summed E-state index contributed by atoms with van der Waals surface area (Å²) in [5.74, 6) is 0.969. The van der Waals surface area contributed by atoms with Crippen molar-refractivity contribution in [3.63, 3.8) is 0 Å². The predicted octanol–water partition coefficient (Wildman–Crippen LogP) is 4.41. The summed E-state index contributed by atoms with van der Waals surface area (Å²) in [4.78, 5) is 1.35. The highest BCUT2D eigenvalue weighted by atomic mass is 79.9. The smallest absolute Gasteiger partial charge is 0.124 e. The molecule has 1 heterocycles. The second-order valence-electron chi connectivity index (χ2n) is 4.21. The standard InChI is InChI=1S/C15H18BrNOS/c1-3-18-14-7-5-4-6-11(14)13(17-2)10-15-12(16)8-9-19-15/h4-9,13,17H,3,10H2,1-2H3. The number of hydrogen-bond donors (Lipinski definition) is 1. The Morgan fingerprint density at radius 2 is 2.11 bits per heavy atom. The summed E-state index contributed by atoms with van der Waals surface area (Å²) in [6.07, 6.45) is 0.957. The van der Waals surface area contributed by atoms with E-state index in [0.29, 0.717) is 6.61 Å². The first-order valence-corrected chi connectivity index (χ1v) is 8.04. The Kier molecular flexibility index (Phi) is 5.43. The Morgan fingerprint density at radius 1 is 1.32 bits per heavy atom. The molecule has 1 N–H and O–H groups in total. The zero-order valence-electron chi connectivity index (χ0n) is 11.2. The maximum absolute atomic E-state index is 5.72. The Bertz CT molecular complexity index is 526. The van der Waals surface area contributed by atoms with Crippen LogP contribution >= 0.6 is 27.3 Å². The number of thiophene rings is 1. The van der Waals surface area contributed by atoms with Gasteiger partial charge in [0.05, 0.1) is 6.61 Å². The van der Waals surface area contributed by atoms with Gasteiger partial charge < -0.3 is 10.1 Å². The molecule has 0 saturated heterocycles. The van der Waals surface area contributed by atoms with Crippen LogP contribution in [0.15, 0.2) is 40.2 Å². The molecule has 1 unspecified atom stereocenters. The van der Waals surface area contributed by atoms with E-state index in [-0.39, 0.29) is 6.04 Å². The Hall–Kier alpha value is -0.840. The van der Waals surface area contributed by atoms with Crippen molar-refractivity contribution in [3.8, 4) is 5.75 Å². The summed E-state index contributed by atoms with van der Waals surface area (Å²) in [5.41, 5.74) is 1.21. The molecule has 2 rings (SSSR count). The van der Waals surface area contributed by atoms with Crippen molar-refractivity contribution in [2.45, 2.75) is 19.4 Å². The molecule has 1 aromatic carbocycles. The molecular formula is C15H18BrNOS. The van der Waals surface area contributed by atoms with Gasteiger partial charge in [-0.2, -0.15) is 0 Å². The van der Waals surface area contributed by atoms with E-state index in [1.807, 2.05) is 26.1 Å². The SMILES string of the molecule is CCOc1ccccc1C(Cc1sccc1Br)NC. The highest BCUT2D eigenvalue weighted by molar-refractivity contribution is 9.10. The summed E-state index contributed by atoms with van der Waals surface area (Å²) < 4.78 is 6.91. The van der Waals surface area contributed by atoms with Crippen molar-refractivity contribution in [2.75, 3.05) is 13.7 Å². The van der Waals surface area contributed by atoms with Crippen LogP contribution in [0.4, 0.5) is 0 Å². The van der Waals surface area contributed by atoms with Gasteiger partial charge in [-0.25, -0.2) is 0 Å².